The first kappa shape index (κ1) is 14.4. The molecule has 0 bridgehead atoms. The van der Waals surface area contributed by atoms with Gasteiger partial charge in [0.2, 0.25) is 0 Å². The Balaban J connectivity index is 1.80. The minimum absolute atomic E-state index is 0.733. The van der Waals surface area contributed by atoms with Crippen molar-refractivity contribution >= 4 is 0 Å². The Bertz CT molecular complexity index is 220. The van der Waals surface area contributed by atoms with Crippen LogP contribution in [-0.2, 0) is 0 Å². The highest BCUT2D eigenvalue weighted by Gasteiger charge is 2.36. The summed E-state index contributed by atoms with van der Waals surface area (Å²) >= 11 is 0. The minimum atomic E-state index is 0.733. The molecule has 0 aromatic rings. The van der Waals surface area contributed by atoms with Crippen LogP contribution in [0.2, 0.25) is 0 Å². The van der Waals surface area contributed by atoms with Crippen molar-refractivity contribution in [3.05, 3.63) is 0 Å². The first-order valence-electron chi connectivity index (χ1n) is 8.73. The average molecular weight is 250 g/mol. The molecule has 0 saturated heterocycles. The highest BCUT2D eigenvalue weighted by molar-refractivity contribution is 4.87. The molecule has 0 aliphatic heterocycles. The third-order valence-electron chi connectivity index (χ3n) is 6.73. The fraction of sp³-hybridized carbons (Fsp3) is 1.00. The van der Waals surface area contributed by atoms with E-state index < -0.39 is 0 Å². The zero-order valence-corrected chi connectivity index (χ0v) is 13.0. The van der Waals surface area contributed by atoms with Gasteiger partial charge in [0.05, 0.1) is 0 Å². The molecule has 0 nitrogen and oxygen atoms in total. The Labute approximate surface area is 115 Å². The van der Waals surface area contributed by atoms with Gasteiger partial charge in [-0.05, 0) is 61.7 Å². The van der Waals surface area contributed by atoms with Gasteiger partial charge in [0.1, 0.15) is 0 Å². The summed E-state index contributed by atoms with van der Waals surface area (Å²) in [5.41, 5.74) is 0.733. The lowest BCUT2D eigenvalue weighted by Crippen LogP contribution is -2.31. The minimum Gasteiger partial charge on any atom is -0.0651 e. The van der Waals surface area contributed by atoms with E-state index in [9.17, 15) is 0 Å². The van der Waals surface area contributed by atoms with Crippen LogP contribution < -0.4 is 0 Å². The molecule has 0 aromatic carbocycles. The molecule has 0 heterocycles. The summed E-state index contributed by atoms with van der Waals surface area (Å²) in [4.78, 5) is 0. The van der Waals surface area contributed by atoms with Crippen LogP contribution in [0.25, 0.3) is 0 Å². The Morgan fingerprint density at radius 2 is 1.22 bits per heavy atom. The molecule has 0 spiro atoms. The van der Waals surface area contributed by atoms with Gasteiger partial charge in [-0.25, -0.2) is 0 Å². The van der Waals surface area contributed by atoms with Gasteiger partial charge in [0.15, 0.2) is 0 Å². The van der Waals surface area contributed by atoms with E-state index in [4.69, 9.17) is 0 Å². The second-order valence-electron chi connectivity index (χ2n) is 7.23. The van der Waals surface area contributed by atoms with Gasteiger partial charge >= 0.3 is 0 Å². The second kappa shape index (κ2) is 6.44. The second-order valence-corrected chi connectivity index (χ2v) is 7.23. The molecular weight excluding hydrogens is 216 g/mol. The standard InChI is InChI=1S/C18H34/c1-4-15-7-9-16(10-8-15)17-11-13-18(5-2,6-3)14-12-17/h15-17H,4-14H2,1-3H3. The van der Waals surface area contributed by atoms with Crippen LogP contribution in [0.15, 0.2) is 0 Å². The molecule has 2 aliphatic carbocycles. The van der Waals surface area contributed by atoms with E-state index in [1.807, 2.05) is 0 Å². The molecule has 0 unspecified atom stereocenters. The predicted molar refractivity (Wildman–Crippen MR) is 80.7 cm³/mol. The Morgan fingerprint density at radius 1 is 0.722 bits per heavy atom. The predicted octanol–water partition coefficient (Wildman–Crippen LogP) is 6.20. The SMILES string of the molecule is CCC1CCC(C2CCC(CC)(CC)CC2)CC1. The van der Waals surface area contributed by atoms with Crippen LogP contribution >= 0.6 is 0 Å². The van der Waals surface area contributed by atoms with Gasteiger partial charge in [-0.15, -0.1) is 0 Å². The maximum absolute atomic E-state index is 2.41. The fourth-order valence-corrected chi connectivity index (χ4v) is 4.75. The van der Waals surface area contributed by atoms with Crippen molar-refractivity contribution < 1.29 is 0 Å². The van der Waals surface area contributed by atoms with Gasteiger partial charge in [-0.3, -0.25) is 0 Å². The van der Waals surface area contributed by atoms with E-state index in [1.54, 1.807) is 25.7 Å². The number of hydrogen-bond donors (Lipinski definition) is 0. The summed E-state index contributed by atoms with van der Waals surface area (Å²) in [5, 5.41) is 0. The highest BCUT2D eigenvalue weighted by Crippen LogP contribution is 2.48. The highest BCUT2D eigenvalue weighted by atomic mass is 14.4. The zero-order chi connectivity index (χ0) is 13.0. The Hall–Kier alpha value is 0. The molecule has 0 radical (unpaired) electrons. The van der Waals surface area contributed by atoms with Crippen molar-refractivity contribution in [2.75, 3.05) is 0 Å². The van der Waals surface area contributed by atoms with Crippen molar-refractivity contribution in [2.24, 2.45) is 23.2 Å². The largest absolute Gasteiger partial charge is 0.0651 e. The summed E-state index contributed by atoms with van der Waals surface area (Å²) < 4.78 is 0. The van der Waals surface area contributed by atoms with Gasteiger partial charge in [0, 0.05) is 0 Å². The molecule has 0 N–H and O–H groups in total. The van der Waals surface area contributed by atoms with E-state index >= 15 is 0 Å². The molecule has 2 aliphatic rings. The van der Waals surface area contributed by atoms with Crippen LogP contribution in [0.1, 0.15) is 91.4 Å². The summed E-state index contributed by atoms with van der Waals surface area (Å²) in [6.45, 7) is 7.20. The molecule has 18 heavy (non-hydrogen) atoms. The molecule has 0 amide bonds. The lowest BCUT2D eigenvalue weighted by molar-refractivity contribution is 0.0861. The molecule has 2 fully saturated rings. The monoisotopic (exact) mass is 250 g/mol. The van der Waals surface area contributed by atoms with E-state index in [1.165, 1.54) is 44.9 Å². The van der Waals surface area contributed by atoms with E-state index in [-0.39, 0.29) is 0 Å². The topological polar surface area (TPSA) is 0 Å². The summed E-state index contributed by atoms with van der Waals surface area (Å²) in [6.07, 6.45) is 16.6. The summed E-state index contributed by atoms with van der Waals surface area (Å²) in [6, 6.07) is 0. The fourth-order valence-electron chi connectivity index (χ4n) is 4.75. The molecule has 0 aromatic heterocycles. The molecule has 2 saturated carbocycles. The van der Waals surface area contributed by atoms with Gasteiger partial charge in [0.25, 0.3) is 0 Å². The van der Waals surface area contributed by atoms with Crippen LogP contribution in [0.5, 0.6) is 0 Å². The van der Waals surface area contributed by atoms with Crippen LogP contribution in [-0.4, -0.2) is 0 Å². The Kier molecular flexibility index (Phi) is 5.15. The van der Waals surface area contributed by atoms with E-state index in [2.05, 4.69) is 20.8 Å². The van der Waals surface area contributed by atoms with Gasteiger partial charge < -0.3 is 0 Å². The third-order valence-corrected chi connectivity index (χ3v) is 6.73. The lowest BCUT2D eigenvalue weighted by Gasteiger charge is -2.43. The normalized spacial score (nSPS) is 33.5. The van der Waals surface area contributed by atoms with Gasteiger partial charge in [-0.1, -0.05) is 52.9 Å². The quantitative estimate of drug-likeness (QED) is 0.557. The van der Waals surface area contributed by atoms with Crippen molar-refractivity contribution in [3.63, 3.8) is 0 Å². The maximum atomic E-state index is 2.41. The molecular formula is C18H34. The van der Waals surface area contributed by atoms with Crippen LogP contribution in [0.3, 0.4) is 0 Å². The van der Waals surface area contributed by atoms with Gasteiger partial charge in [-0.2, -0.15) is 0 Å². The van der Waals surface area contributed by atoms with Crippen molar-refractivity contribution in [1.82, 2.24) is 0 Å². The molecule has 0 atom stereocenters. The summed E-state index contributed by atoms with van der Waals surface area (Å²) in [5.74, 6) is 3.25. The average Bonchev–Trinajstić information content (AvgIpc) is 2.47. The van der Waals surface area contributed by atoms with E-state index in [0.29, 0.717) is 0 Å². The maximum Gasteiger partial charge on any atom is -0.0302 e. The van der Waals surface area contributed by atoms with Crippen molar-refractivity contribution in [3.8, 4) is 0 Å². The third kappa shape index (κ3) is 3.11. The lowest BCUT2D eigenvalue weighted by atomic mass is 9.63. The van der Waals surface area contributed by atoms with Crippen molar-refractivity contribution in [2.45, 2.75) is 91.4 Å². The van der Waals surface area contributed by atoms with Crippen LogP contribution in [0.4, 0.5) is 0 Å². The molecule has 0 heteroatoms. The number of rotatable bonds is 4. The number of hydrogen-bond acceptors (Lipinski definition) is 0. The first-order chi connectivity index (χ1) is 8.73. The first-order valence-corrected chi connectivity index (χ1v) is 8.73. The van der Waals surface area contributed by atoms with E-state index in [0.717, 1.165) is 23.2 Å². The molecule has 106 valence electrons. The van der Waals surface area contributed by atoms with Crippen molar-refractivity contribution in [1.29, 1.82) is 0 Å². The van der Waals surface area contributed by atoms with Crippen LogP contribution in [0, 0.1) is 23.2 Å². The Morgan fingerprint density at radius 3 is 1.67 bits per heavy atom. The molecule has 2 rings (SSSR count). The smallest absolute Gasteiger partial charge is 0.0302 e. The summed E-state index contributed by atoms with van der Waals surface area (Å²) in [7, 11) is 0. The zero-order valence-electron chi connectivity index (χ0n) is 13.0.